The molecule has 3 unspecified atom stereocenters. The predicted molar refractivity (Wildman–Crippen MR) is 68.7 cm³/mol. The summed E-state index contributed by atoms with van der Waals surface area (Å²) in [4.78, 5) is 23.1. The van der Waals surface area contributed by atoms with Crippen LogP contribution in [0.5, 0.6) is 0 Å². The van der Waals surface area contributed by atoms with Crippen LogP contribution in [0.15, 0.2) is 0 Å². The van der Waals surface area contributed by atoms with Crippen LogP contribution in [-0.2, 0) is 14.3 Å². The van der Waals surface area contributed by atoms with E-state index in [1.54, 1.807) is 0 Å². The highest BCUT2D eigenvalue weighted by Crippen LogP contribution is 2.34. The summed E-state index contributed by atoms with van der Waals surface area (Å²) < 4.78 is 5.34. The van der Waals surface area contributed by atoms with Crippen LogP contribution in [0.3, 0.4) is 0 Å². The first-order chi connectivity index (χ1) is 9.11. The SMILES string of the molecule is CCNC1COCC1C(=O)NC(CC(=O)O)C1CC1. The second kappa shape index (κ2) is 6.34. The molecule has 2 fully saturated rings. The van der Waals surface area contributed by atoms with Crippen LogP contribution >= 0.6 is 0 Å². The minimum absolute atomic E-state index is 0.00978. The number of hydrogen-bond acceptors (Lipinski definition) is 4. The van der Waals surface area contributed by atoms with Crippen LogP contribution in [0.1, 0.15) is 26.2 Å². The molecule has 6 nitrogen and oxygen atoms in total. The number of nitrogens with one attached hydrogen (secondary N) is 2. The Kier molecular flexibility index (Phi) is 4.76. The predicted octanol–water partition coefficient (Wildman–Crippen LogP) is -0.0196. The third kappa shape index (κ3) is 3.91. The Labute approximate surface area is 112 Å². The zero-order valence-electron chi connectivity index (χ0n) is 11.2. The van der Waals surface area contributed by atoms with Gasteiger partial charge in [-0.15, -0.1) is 0 Å². The van der Waals surface area contributed by atoms with Crippen LogP contribution in [0.4, 0.5) is 0 Å². The number of carboxylic acid groups (broad SMARTS) is 1. The molecule has 0 aromatic heterocycles. The average molecular weight is 270 g/mol. The van der Waals surface area contributed by atoms with Crippen molar-refractivity contribution < 1.29 is 19.4 Å². The van der Waals surface area contributed by atoms with Gasteiger partial charge in [0, 0.05) is 12.1 Å². The minimum atomic E-state index is -0.858. The van der Waals surface area contributed by atoms with Gasteiger partial charge in [-0.3, -0.25) is 9.59 Å². The molecule has 3 N–H and O–H groups in total. The van der Waals surface area contributed by atoms with Gasteiger partial charge in [-0.25, -0.2) is 0 Å². The summed E-state index contributed by atoms with van der Waals surface area (Å²) in [7, 11) is 0. The molecule has 0 spiro atoms. The van der Waals surface area contributed by atoms with Crippen molar-refractivity contribution in [2.24, 2.45) is 11.8 Å². The van der Waals surface area contributed by atoms with Crippen molar-refractivity contribution >= 4 is 11.9 Å². The second-order valence-electron chi connectivity index (χ2n) is 5.36. The van der Waals surface area contributed by atoms with E-state index in [1.165, 1.54) is 0 Å². The molecule has 1 heterocycles. The first-order valence-electron chi connectivity index (χ1n) is 6.95. The first-order valence-corrected chi connectivity index (χ1v) is 6.95. The summed E-state index contributed by atoms with van der Waals surface area (Å²) in [6.07, 6.45) is 2.03. The summed E-state index contributed by atoms with van der Waals surface area (Å²) in [6.45, 7) is 3.73. The molecule has 19 heavy (non-hydrogen) atoms. The molecule has 2 rings (SSSR count). The Morgan fingerprint density at radius 3 is 2.68 bits per heavy atom. The fourth-order valence-corrected chi connectivity index (χ4v) is 2.59. The highest BCUT2D eigenvalue weighted by molar-refractivity contribution is 5.81. The van der Waals surface area contributed by atoms with Gasteiger partial charge < -0.3 is 20.5 Å². The van der Waals surface area contributed by atoms with Gasteiger partial charge in [0.05, 0.1) is 25.6 Å². The Hall–Kier alpha value is -1.14. The van der Waals surface area contributed by atoms with Crippen LogP contribution in [0, 0.1) is 11.8 Å². The molecular formula is C13H22N2O4. The van der Waals surface area contributed by atoms with Gasteiger partial charge in [0.25, 0.3) is 0 Å². The molecule has 108 valence electrons. The average Bonchev–Trinajstić information content (AvgIpc) is 3.09. The van der Waals surface area contributed by atoms with Gasteiger partial charge in [-0.2, -0.15) is 0 Å². The van der Waals surface area contributed by atoms with Crippen molar-refractivity contribution in [3.8, 4) is 0 Å². The van der Waals surface area contributed by atoms with E-state index in [4.69, 9.17) is 9.84 Å². The molecule has 3 atom stereocenters. The van der Waals surface area contributed by atoms with Gasteiger partial charge in [0.1, 0.15) is 0 Å². The number of ether oxygens (including phenoxy) is 1. The summed E-state index contributed by atoms with van der Waals surface area (Å²) in [5.41, 5.74) is 0. The van der Waals surface area contributed by atoms with Crippen LogP contribution < -0.4 is 10.6 Å². The number of amides is 1. The fraction of sp³-hybridized carbons (Fsp3) is 0.846. The van der Waals surface area contributed by atoms with E-state index in [0.29, 0.717) is 19.1 Å². The third-order valence-electron chi connectivity index (χ3n) is 3.80. The number of likely N-dealkylation sites (N-methyl/N-ethyl adjacent to an activating group) is 1. The van der Waals surface area contributed by atoms with Crippen LogP contribution in [0.2, 0.25) is 0 Å². The number of rotatable bonds is 7. The maximum absolute atomic E-state index is 12.2. The zero-order valence-corrected chi connectivity index (χ0v) is 11.2. The van der Waals surface area contributed by atoms with E-state index in [1.807, 2.05) is 6.92 Å². The van der Waals surface area contributed by atoms with Crippen molar-refractivity contribution in [3.63, 3.8) is 0 Å². The smallest absolute Gasteiger partial charge is 0.305 e. The highest BCUT2D eigenvalue weighted by Gasteiger charge is 2.38. The molecule has 0 radical (unpaired) electrons. The van der Waals surface area contributed by atoms with Crippen molar-refractivity contribution in [1.29, 1.82) is 0 Å². The Bertz CT molecular complexity index is 344. The molecule has 1 saturated carbocycles. The van der Waals surface area contributed by atoms with Crippen LogP contribution in [0.25, 0.3) is 0 Å². The van der Waals surface area contributed by atoms with Gasteiger partial charge >= 0.3 is 5.97 Å². The van der Waals surface area contributed by atoms with E-state index >= 15 is 0 Å². The first kappa shape index (κ1) is 14.3. The molecule has 0 aromatic carbocycles. The van der Waals surface area contributed by atoms with Crippen molar-refractivity contribution in [2.75, 3.05) is 19.8 Å². The third-order valence-corrected chi connectivity index (χ3v) is 3.80. The number of carbonyl (C=O) groups is 2. The Morgan fingerprint density at radius 2 is 2.11 bits per heavy atom. The molecule has 2 aliphatic rings. The molecular weight excluding hydrogens is 248 g/mol. The van der Waals surface area contributed by atoms with Gasteiger partial charge in [-0.05, 0) is 25.3 Å². The molecule has 6 heteroatoms. The van der Waals surface area contributed by atoms with E-state index < -0.39 is 5.97 Å². The second-order valence-corrected chi connectivity index (χ2v) is 5.36. The summed E-state index contributed by atoms with van der Waals surface area (Å²) in [5.74, 6) is -0.820. The lowest BCUT2D eigenvalue weighted by atomic mass is 10.0. The van der Waals surface area contributed by atoms with Gasteiger partial charge in [0.2, 0.25) is 5.91 Å². The normalized spacial score (nSPS) is 28.1. The Balaban J connectivity index is 1.89. The van der Waals surface area contributed by atoms with Gasteiger partial charge in [-0.1, -0.05) is 6.92 Å². The molecule has 1 aliphatic heterocycles. The van der Waals surface area contributed by atoms with E-state index in [-0.39, 0.29) is 30.3 Å². The zero-order chi connectivity index (χ0) is 13.8. The standard InChI is InChI=1S/C13H22N2O4/c1-2-14-11-7-19-6-9(11)13(18)15-10(5-12(16)17)8-3-4-8/h8-11,14H,2-7H2,1H3,(H,15,18)(H,16,17). The molecule has 1 saturated heterocycles. The largest absolute Gasteiger partial charge is 0.481 e. The molecule has 1 amide bonds. The minimum Gasteiger partial charge on any atom is -0.481 e. The summed E-state index contributed by atoms with van der Waals surface area (Å²) >= 11 is 0. The number of hydrogen-bond donors (Lipinski definition) is 3. The fourth-order valence-electron chi connectivity index (χ4n) is 2.59. The van der Waals surface area contributed by atoms with Crippen LogP contribution in [-0.4, -0.2) is 48.8 Å². The molecule has 0 bridgehead atoms. The summed E-state index contributed by atoms with van der Waals surface area (Å²) in [6, 6.07) is -0.192. The highest BCUT2D eigenvalue weighted by atomic mass is 16.5. The Morgan fingerprint density at radius 1 is 1.37 bits per heavy atom. The number of carbonyl (C=O) groups excluding carboxylic acids is 1. The lowest BCUT2D eigenvalue weighted by Gasteiger charge is -2.22. The number of carboxylic acids is 1. The van der Waals surface area contributed by atoms with Crippen molar-refractivity contribution in [1.82, 2.24) is 10.6 Å². The quantitative estimate of drug-likeness (QED) is 0.605. The van der Waals surface area contributed by atoms with E-state index in [0.717, 1.165) is 19.4 Å². The maximum Gasteiger partial charge on any atom is 0.305 e. The lowest BCUT2D eigenvalue weighted by molar-refractivity contribution is -0.138. The monoisotopic (exact) mass is 270 g/mol. The topological polar surface area (TPSA) is 87.7 Å². The van der Waals surface area contributed by atoms with Gasteiger partial charge in [0.15, 0.2) is 0 Å². The number of aliphatic carboxylic acids is 1. The van der Waals surface area contributed by atoms with Crippen molar-refractivity contribution in [2.45, 2.75) is 38.3 Å². The maximum atomic E-state index is 12.2. The van der Waals surface area contributed by atoms with E-state index in [9.17, 15) is 9.59 Å². The van der Waals surface area contributed by atoms with Crippen molar-refractivity contribution in [3.05, 3.63) is 0 Å². The molecule has 0 aromatic rings. The molecule has 1 aliphatic carbocycles. The lowest BCUT2D eigenvalue weighted by Crippen LogP contribution is -2.48. The van der Waals surface area contributed by atoms with E-state index in [2.05, 4.69) is 10.6 Å². The summed E-state index contributed by atoms with van der Waals surface area (Å²) in [5, 5.41) is 15.0.